The summed E-state index contributed by atoms with van der Waals surface area (Å²) in [5.74, 6) is -1.57. The third-order valence-corrected chi connectivity index (χ3v) is 5.91. The molecule has 1 fully saturated rings. The molecule has 2 aliphatic rings. The molecule has 182 valence electrons. The van der Waals surface area contributed by atoms with Crippen molar-refractivity contribution in [2.24, 2.45) is 0 Å². The molecule has 7 nitrogen and oxygen atoms in total. The molecule has 1 aromatic carbocycles. The molecule has 0 spiro atoms. The van der Waals surface area contributed by atoms with Crippen molar-refractivity contribution in [2.75, 3.05) is 11.9 Å². The summed E-state index contributed by atoms with van der Waals surface area (Å²) >= 11 is 0. The predicted molar refractivity (Wildman–Crippen MR) is 129 cm³/mol. The number of nitrogens with zero attached hydrogens (tertiary/aromatic N) is 1. The number of ether oxygens (including phenoxy) is 2. The van der Waals surface area contributed by atoms with E-state index >= 15 is 4.39 Å². The maximum atomic E-state index is 15.3. The van der Waals surface area contributed by atoms with E-state index in [0.29, 0.717) is 29.6 Å². The quantitative estimate of drug-likeness (QED) is 0.600. The maximum Gasteiger partial charge on any atom is 0.343 e. The summed E-state index contributed by atoms with van der Waals surface area (Å²) in [6.07, 6.45) is 8.42. The van der Waals surface area contributed by atoms with E-state index in [9.17, 15) is 14.4 Å². The van der Waals surface area contributed by atoms with E-state index in [2.05, 4.69) is 5.32 Å². The number of rotatable bonds is 6. The molecule has 1 saturated carbocycles. The summed E-state index contributed by atoms with van der Waals surface area (Å²) in [4.78, 5) is 37.7. The number of hydrogen-bond acceptors (Lipinski definition) is 6. The Kier molecular flexibility index (Phi) is 6.51. The van der Waals surface area contributed by atoms with E-state index in [-0.39, 0.29) is 42.0 Å². The molecule has 1 N–H and O–H groups in total. The highest BCUT2D eigenvalue weighted by molar-refractivity contribution is 5.99. The van der Waals surface area contributed by atoms with Crippen LogP contribution in [0.15, 0.2) is 23.1 Å². The van der Waals surface area contributed by atoms with Gasteiger partial charge < -0.3 is 19.4 Å². The van der Waals surface area contributed by atoms with E-state index in [4.69, 9.17) is 9.47 Å². The second-order valence-electron chi connectivity index (χ2n) is 9.88. The second kappa shape index (κ2) is 9.24. The Morgan fingerprint density at radius 3 is 2.65 bits per heavy atom. The fourth-order valence-electron chi connectivity index (χ4n) is 4.31. The molecule has 1 aliphatic carbocycles. The highest BCUT2D eigenvalue weighted by atomic mass is 19.1. The summed E-state index contributed by atoms with van der Waals surface area (Å²) in [5, 5.41) is 3.41. The number of benzene rings is 1. The Morgan fingerprint density at radius 1 is 1.26 bits per heavy atom. The lowest BCUT2D eigenvalue weighted by Crippen LogP contribution is -2.26. The van der Waals surface area contributed by atoms with Crippen LogP contribution in [0.2, 0.25) is 0 Å². The second-order valence-corrected chi connectivity index (χ2v) is 9.88. The fourth-order valence-corrected chi connectivity index (χ4v) is 4.31. The lowest BCUT2D eigenvalue weighted by Gasteiger charge is -2.22. The minimum atomic E-state index is -0.699. The topological polar surface area (TPSA) is 86.6 Å². The predicted octanol–water partition coefficient (Wildman–Crippen LogP) is 4.97. The summed E-state index contributed by atoms with van der Waals surface area (Å²) in [6, 6.07) is 1.18. The molecule has 4 rings (SSSR count). The van der Waals surface area contributed by atoms with Gasteiger partial charge in [-0.25, -0.2) is 9.18 Å². The monoisotopic (exact) mass is 470 g/mol. The minimum Gasteiger partial charge on any atom is -0.462 e. The van der Waals surface area contributed by atoms with Crippen molar-refractivity contribution >= 4 is 34.6 Å². The zero-order chi connectivity index (χ0) is 24.6. The molecule has 34 heavy (non-hydrogen) atoms. The molecular formula is C26H31FN2O5. The Bertz CT molecular complexity index is 1220. The minimum absolute atomic E-state index is 0.0820. The number of nitrogens with one attached hydrogen (secondary N) is 1. The van der Waals surface area contributed by atoms with Gasteiger partial charge in [-0.15, -0.1) is 0 Å². The van der Waals surface area contributed by atoms with Crippen molar-refractivity contribution in [1.82, 2.24) is 4.57 Å². The number of esters is 2. The van der Waals surface area contributed by atoms with E-state index in [1.807, 2.05) is 37.5 Å². The molecule has 0 amide bonds. The van der Waals surface area contributed by atoms with E-state index in [0.717, 1.165) is 12.8 Å². The summed E-state index contributed by atoms with van der Waals surface area (Å²) in [6.45, 7) is 7.28. The Balaban J connectivity index is 1.72. The first-order chi connectivity index (χ1) is 16.1. The van der Waals surface area contributed by atoms with Crippen LogP contribution in [0.5, 0.6) is 0 Å². The van der Waals surface area contributed by atoms with Gasteiger partial charge in [0.15, 0.2) is 0 Å². The highest BCUT2D eigenvalue weighted by Crippen LogP contribution is 2.40. The number of aromatic nitrogens is 1. The van der Waals surface area contributed by atoms with E-state index in [1.54, 1.807) is 13.1 Å². The molecule has 0 radical (unpaired) electrons. The molecule has 1 atom stereocenters. The van der Waals surface area contributed by atoms with Crippen molar-refractivity contribution in [2.45, 2.75) is 77.5 Å². The van der Waals surface area contributed by atoms with Crippen LogP contribution in [0, 0.1) is 5.82 Å². The Hall–Kier alpha value is -3.16. The first kappa shape index (κ1) is 24.0. The summed E-state index contributed by atoms with van der Waals surface area (Å²) in [5.41, 5.74) is 0.309. The standard InChI is InChI=1S/C26H31FN2O5/c1-5-33-25(32)19-14-29(16-10-11-16)23-17-8-6-7-15(9-12-21(30)34-26(2,3)4)28-22(17)20(27)13-18(23)24(19)31/h6,8,13-16,28H,5,7,9-12H2,1-4H3/t15-/m1/s1. The number of carbonyl (C=O) groups excluding carboxylic acids is 2. The lowest BCUT2D eigenvalue weighted by atomic mass is 10.0. The van der Waals surface area contributed by atoms with Crippen LogP contribution in [0.25, 0.3) is 17.0 Å². The first-order valence-corrected chi connectivity index (χ1v) is 11.8. The average Bonchev–Trinajstić information content (AvgIpc) is 3.59. The maximum absolute atomic E-state index is 15.3. The number of fused-ring (bicyclic) bond motifs is 3. The average molecular weight is 471 g/mol. The normalized spacial score (nSPS) is 17.6. The highest BCUT2D eigenvalue weighted by Gasteiger charge is 2.30. The van der Waals surface area contributed by atoms with E-state index in [1.165, 1.54) is 6.07 Å². The van der Waals surface area contributed by atoms with Gasteiger partial charge in [-0.2, -0.15) is 0 Å². The summed E-state index contributed by atoms with van der Waals surface area (Å²) < 4.78 is 27.7. The number of hydrogen-bond donors (Lipinski definition) is 1. The number of anilines is 1. The zero-order valence-corrected chi connectivity index (χ0v) is 20.1. The van der Waals surface area contributed by atoms with Crippen LogP contribution in [-0.4, -0.2) is 34.8 Å². The van der Waals surface area contributed by atoms with Gasteiger partial charge in [0.1, 0.15) is 17.0 Å². The van der Waals surface area contributed by atoms with Gasteiger partial charge in [0.25, 0.3) is 0 Å². The third-order valence-electron chi connectivity index (χ3n) is 5.91. The SMILES string of the molecule is CCOC(=O)c1cn(C2CC2)c2c3c(c(F)cc2c1=O)N[C@@H](CCC(=O)OC(C)(C)C)CC=C3. The molecule has 2 aromatic rings. The van der Waals surface area contributed by atoms with Gasteiger partial charge >= 0.3 is 11.9 Å². The van der Waals surface area contributed by atoms with Crippen molar-refractivity contribution in [3.63, 3.8) is 0 Å². The Morgan fingerprint density at radius 2 is 2.00 bits per heavy atom. The van der Waals surface area contributed by atoms with Crippen molar-refractivity contribution < 1.29 is 23.5 Å². The molecule has 0 saturated heterocycles. The molecule has 8 heteroatoms. The van der Waals surface area contributed by atoms with Gasteiger partial charge in [-0.05, 0) is 59.4 Å². The zero-order valence-electron chi connectivity index (χ0n) is 20.1. The molecule has 2 heterocycles. The smallest absolute Gasteiger partial charge is 0.343 e. The van der Waals surface area contributed by atoms with Gasteiger partial charge in [0, 0.05) is 30.3 Å². The van der Waals surface area contributed by atoms with Crippen molar-refractivity contribution in [1.29, 1.82) is 0 Å². The van der Waals surface area contributed by atoms with Crippen LogP contribution in [0.4, 0.5) is 10.1 Å². The Labute approximate surface area is 197 Å². The molecule has 0 bridgehead atoms. The molecule has 0 unspecified atom stereocenters. The molecule has 1 aromatic heterocycles. The van der Waals surface area contributed by atoms with Crippen molar-refractivity contribution in [3.8, 4) is 0 Å². The van der Waals surface area contributed by atoms with Crippen LogP contribution in [0.1, 0.15) is 81.8 Å². The molecule has 1 aliphatic heterocycles. The third kappa shape index (κ3) is 5.00. The van der Waals surface area contributed by atoms with E-state index < -0.39 is 22.8 Å². The van der Waals surface area contributed by atoms with Gasteiger partial charge in [-0.1, -0.05) is 12.2 Å². The fraction of sp³-hybridized carbons (Fsp3) is 0.500. The summed E-state index contributed by atoms with van der Waals surface area (Å²) in [7, 11) is 0. The largest absolute Gasteiger partial charge is 0.462 e. The van der Waals surface area contributed by atoms with Crippen molar-refractivity contribution in [3.05, 3.63) is 45.5 Å². The van der Waals surface area contributed by atoms with Gasteiger partial charge in [0.05, 0.1) is 23.2 Å². The first-order valence-electron chi connectivity index (χ1n) is 11.8. The van der Waals surface area contributed by atoms with Gasteiger partial charge in [0.2, 0.25) is 5.43 Å². The van der Waals surface area contributed by atoms with Crippen LogP contribution < -0.4 is 10.7 Å². The van der Waals surface area contributed by atoms with Crippen LogP contribution in [-0.2, 0) is 14.3 Å². The number of carbonyl (C=O) groups is 2. The molecular weight excluding hydrogens is 439 g/mol. The number of pyridine rings is 1. The number of halogens is 1. The lowest BCUT2D eigenvalue weighted by molar-refractivity contribution is -0.154. The van der Waals surface area contributed by atoms with Crippen LogP contribution >= 0.6 is 0 Å². The van der Waals surface area contributed by atoms with Gasteiger partial charge in [-0.3, -0.25) is 9.59 Å². The van der Waals surface area contributed by atoms with Crippen LogP contribution in [0.3, 0.4) is 0 Å².